The lowest BCUT2D eigenvalue weighted by Gasteiger charge is -2.17. The Morgan fingerprint density at radius 1 is 1.03 bits per heavy atom. The highest BCUT2D eigenvalue weighted by molar-refractivity contribution is 6.04. The molecule has 0 saturated heterocycles. The maximum Gasteiger partial charge on any atom is 0.255 e. The molecule has 9 heteroatoms. The van der Waals surface area contributed by atoms with Crippen molar-refractivity contribution in [3.63, 3.8) is 0 Å². The van der Waals surface area contributed by atoms with E-state index >= 15 is 0 Å². The van der Waals surface area contributed by atoms with Gasteiger partial charge in [-0.25, -0.2) is 19.9 Å². The minimum Gasteiger partial charge on any atom is -0.339 e. The van der Waals surface area contributed by atoms with E-state index in [0.717, 1.165) is 22.4 Å². The molecule has 0 radical (unpaired) electrons. The van der Waals surface area contributed by atoms with Crippen LogP contribution < -0.4 is 10.6 Å². The van der Waals surface area contributed by atoms with Crippen LogP contribution >= 0.6 is 0 Å². The molecule has 0 aliphatic carbocycles. The van der Waals surface area contributed by atoms with E-state index in [4.69, 9.17) is 0 Å². The minimum absolute atomic E-state index is 0.258. The first-order valence-corrected chi connectivity index (χ1v) is 11.7. The van der Waals surface area contributed by atoms with Gasteiger partial charge in [-0.15, -0.1) is 0 Å². The molecule has 0 bridgehead atoms. The predicted molar refractivity (Wildman–Crippen MR) is 142 cm³/mol. The lowest BCUT2D eigenvalue weighted by Crippen LogP contribution is -2.17. The number of aromatic amines is 1. The van der Waals surface area contributed by atoms with E-state index in [0.29, 0.717) is 33.9 Å². The van der Waals surface area contributed by atoms with Crippen LogP contribution in [0.15, 0.2) is 73.4 Å². The summed E-state index contributed by atoms with van der Waals surface area (Å²) in [4.78, 5) is 33.6. The van der Waals surface area contributed by atoms with Crippen molar-refractivity contribution < 1.29 is 4.79 Å². The van der Waals surface area contributed by atoms with Crippen LogP contribution in [0.2, 0.25) is 0 Å². The average molecular weight is 489 g/mol. The summed E-state index contributed by atoms with van der Waals surface area (Å²) in [6.07, 6.45) is 4.77. The number of imidazole rings is 1. The summed E-state index contributed by atoms with van der Waals surface area (Å²) in [5, 5.41) is 15.8. The minimum atomic E-state index is -0.692. The number of H-pyrrole nitrogens is 1. The average Bonchev–Trinajstić information content (AvgIpc) is 3.40. The Morgan fingerprint density at radius 3 is 2.73 bits per heavy atom. The molecule has 0 aliphatic heterocycles. The standard InChI is InChI=1S/C28H24N8O/c1-17-9-10-20(35-27(37)18-6-4-7-19(12-18)28(2,3)14-29)13-22(17)36-25-21(8-5-11-30-25)23-24-26(33-15-31-23)34-16-32-24/h4-13,15-16H,1-3H3,(H,30,36)(H,35,37)(H,31,32,33,34). The lowest BCUT2D eigenvalue weighted by atomic mass is 9.85. The van der Waals surface area contributed by atoms with Crippen molar-refractivity contribution in [2.45, 2.75) is 26.2 Å². The fourth-order valence-corrected chi connectivity index (χ4v) is 3.94. The summed E-state index contributed by atoms with van der Waals surface area (Å²) >= 11 is 0. The van der Waals surface area contributed by atoms with E-state index < -0.39 is 5.41 Å². The Hall–Kier alpha value is -5.10. The summed E-state index contributed by atoms with van der Waals surface area (Å²) in [7, 11) is 0. The van der Waals surface area contributed by atoms with Crippen molar-refractivity contribution >= 4 is 34.3 Å². The van der Waals surface area contributed by atoms with E-state index in [1.165, 1.54) is 6.33 Å². The number of hydrogen-bond acceptors (Lipinski definition) is 7. The van der Waals surface area contributed by atoms with E-state index in [1.807, 2.05) is 57.2 Å². The third-order valence-corrected chi connectivity index (χ3v) is 6.15. The summed E-state index contributed by atoms with van der Waals surface area (Å²) in [5.74, 6) is 0.342. The highest BCUT2D eigenvalue weighted by Crippen LogP contribution is 2.32. The molecule has 0 unspecified atom stereocenters. The van der Waals surface area contributed by atoms with E-state index in [2.05, 4.69) is 41.6 Å². The molecule has 1 amide bonds. The molecule has 3 aromatic heterocycles. The second-order valence-electron chi connectivity index (χ2n) is 9.15. The summed E-state index contributed by atoms with van der Waals surface area (Å²) < 4.78 is 0. The summed E-state index contributed by atoms with van der Waals surface area (Å²) in [6, 6.07) is 18.8. The van der Waals surface area contributed by atoms with Crippen molar-refractivity contribution in [3.8, 4) is 17.3 Å². The van der Waals surface area contributed by atoms with Gasteiger partial charge < -0.3 is 15.6 Å². The fraction of sp³-hybridized carbons (Fsp3) is 0.143. The molecule has 0 saturated carbocycles. The first-order chi connectivity index (χ1) is 17.9. The Kier molecular flexibility index (Phi) is 6.07. The molecule has 0 spiro atoms. The number of carbonyl (C=O) groups is 1. The summed E-state index contributed by atoms with van der Waals surface area (Å²) in [6.45, 7) is 5.62. The fourth-order valence-electron chi connectivity index (χ4n) is 3.94. The van der Waals surface area contributed by atoms with Crippen LogP contribution in [0.4, 0.5) is 17.2 Å². The number of aryl methyl sites for hydroxylation is 1. The van der Waals surface area contributed by atoms with Crippen LogP contribution in [0.5, 0.6) is 0 Å². The highest BCUT2D eigenvalue weighted by atomic mass is 16.1. The number of fused-ring (bicyclic) bond motifs is 1. The zero-order valence-corrected chi connectivity index (χ0v) is 20.6. The lowest BCUT2D eigenvalue weighted by molar-refractivity contribution is 0.102. The monoisotopic (exact) mass is 488 g/mol. The van der Waals surface area contributed by atoms with Gasteiger partial charge in [-0.05, 0) is 68.3 Å². The number of carbonyl (C=O) groups excluding carboxylic acids is 1. The molecule has 9 nitrogen and oxygen atoms in total. The van der Waals surface area contributed by atoms with Gasteiger partial charge in [-0.3, -0.25) is 4.79 Å². The largest absolute Gasteiger partial charge is 0.339 e. The van der Waals surface area contributed by atoms with Crippen LogP contribution in [0.25, 0.3) is 22.4 Å². The topological polar surface area (TPSA) is 132 Å². The Balaban J connectivity index is 1.43. The molecule has 0 fully saturated rings. The van der Waals surface area contributed by atoms with Gasteiger partial charge in [-0.1, -0.05) is 18.2 Å². The number of hydrogen-bond donors (Lipinski definition) is 3. The molecule has 0 atom stereocenters. The highest BCUT2D eigenvalue weighted by Gasteiger charge is 2.21. The van der Waals surface area contributed by atoms with Gasteiger partial charge in [0, 0.05) is 28.7 Å². The van der Waals surface area contributed by atoms with Gasteiger partial charge >= 0.3 is 0 Å². The smallest absolute Gasteiger partial charge is 0.255 e. The second kappa shape index (κ2) is 9.51. The van der Waals surface area contributed by atoms with Crippen molar-refractivity contribution in [1.82, 2.24) is 24.9 Å². The molecular weight excluding hydrogens is 464 g/mol. The van der Waals surface area contributed by atoms with Crippen molar-refractivity contribution in [2.75, 3.05) is 10.6 Å². The number of nitriles is 1. The van der Waals surface area contributed by atoms with Gasteiger partial charge in [0.25, 0.3) is 5.91 Å². The SMILES string of the molecule is Cc1ccc(NC(=O)c2cccc(C(C)(C)C#N)c2)cc1Nc1ncccc1-c1ncnc2[nH]cnc12. The van der Waals surface area contributed by atoms with Crippen LogP contribution in [0.1, 0.15) is 35.3 Å². The molecule has 2 aromatic carbocycles. The number of benzene rings is 2. The summed E-state index contributed by atoms with van der Waals surface area (Å²) in [5.41, 5.74) is 5.67. The predicted octanol–water partition coefficient (Wildman–Crippen LogP) is 5.52. The molecular formula is C28H24N8O. The van der Waals surface area contributed by atoms with E-state index in [-0.39, 0.29) is 5.91 Å². The number of anilines is 3. The van der Waals surface area contributed by atoms with Crippen molar-refractivity contribution in [2.24, 2.45) is 0 Å². The molecule has 37 heavy (non-hydrogen) atoms. The number of aromatic nitrogens is 5. The van der Waals surface area contributed by atoms with Gasteiger partial charge in [-0.2, -0.15) is 5.26 Å². The zero-order chi connectivity index (χ0) is 26.0. The first-order valence-electron chi connectivity index (χ1n) is 11.7. The number of rotatable bonds is 6. The van der Waals surface area contributed by atoms with Crippen LogP contribution in [0, 0.1) is 18.3 Å². The van der Waals surface area contributed by atoms with E-state index in [9.17, 15) is 10.1 Å². The van der Waals surface area contributed by atoms with Crippen LogP contribution in [-0.4, -0.2) is 30.8 Å². The number of amides is 1. The molecule has 5 rings (SSSR count). The Labute approximate surface area is 213 Å². The van der Waals surface area contributed by atoms with Gasteiger partial charge in [0.1, 0.15) is 23.4 Å². The van der Waals surface area contributed by atoms with Crippen LogP contribution in [0.3, 0.4) is 0 Å². The number of pyridine rings is 1. The van der Waals surface area contributed by atoms with Gasteiger partial charge in [0.15, 0.2) is 5.65 Å². The Morgan fingerprint density at radius 2 is 1.89 bits per heavy atom. The molecule has 3 N–H and O–H groups in total. The third kappa shape index (κ3) is 4.73. The van der Waals surface area contributed by atoms with Crippen molar-refractivity contribution in [1.29, 1.82) is 5.26 Å². The van der Waals surface area contributed by atoms with Gasteiger partial charge in [0.2, 0.25) is 0 Å². The maximum atomic E-state index is 13.0. The van der Waals surface area contributed by atoms with E-state index in [1.54, 1.807) is 30.7 Å². The van der Waals surface area contributed by atoms with Gasteiger partial charge in [0.05, 0.1) is 17.8 Å². The third-order valence-electron chi connectivity index (χ3n) is 6.15. The first kappa shape index (κ1) is 23.6. The maximum absolute atomic E-state index is 13.0. The molecule has 0 aliphatic rings. The Bertz CT molecular complexity index is 1660. The van der Waals surface area contributed by atoms with Crippen LogP contribution in [-0.2, 0) is 5.41 Å². The molecule has 5 aromatic rings. The number of nitrogens with one attached hydrogen (secondary N) is 3. The quantitative estimate of drug-likeness (QED) is 0.287. The molecule has 182 valence electrons. The normalized spacial score (nSPS) is 11.2. The second-order valence-corrected chi connectivity index (χ2v) is 9.15. The zero-order valence-electron chi connectivity index (χ0n) is 20.6. The van der Waals surface area contributed by atoms with Crippen molar-refractivity contribution in [3.05, 3.63) is 90.1 Å². The molecule has 3 heterocycles. The number of nitrogens with zero attached hydrogens (tertiary/aromatic N) is 5.